The highest BCUT2D eigenvalue weighted by Crippen LogP contribution is 2.07. The van der Waals surface area contributed by atoms with Crippen molar-refractivity contribution in [2.24, 2.45) is 17.6 Å². The molecule has 0 spiro atoms. The molecule has 3 atom stereocenters. The van der Waals surface area contributed by atoms with Crippen molar-refractivity contribution in [3.05, 3.63) is 0 Å². The predicted octanol–water partition coefficient (Wildman–Crippen LogP) is 1.52. The van der Waals surface area contributed by atoms with Crippen LogP contribution in [-0.2, 0) is 4.79 Å². The summed E-state index contributed by atoms with van der Waals surface area (Å²) in [5.41, 5.74) is 5.81. The highest BCUT2D eigenvalue weighted by molar-refractivity contribution is 5.82. The van der Waals surface area contributed by atoms with Crippen molar-refractivity contribution in [1.82, 2.24) is 5.32 Å². The van der Waals surface area contributed by atoms with Crippen LogP contribution in [-0.4, -0.2) is 18.0 Å². The molecule has 0 saturated heterocycles. The van der Waals surface area contributed by atoms with Gasteiger partial charge in [-0.25, -0.2) is 0 Å². The highest BCUT2D eigenvalue weighted by atomic mass is 16.2. The molecule has 0 saturated carbocycles. The summed E-state index contributed by atoms with van der Waals surface area (Å²) in [5.74, 6) is 0.665. The molecule has 0 bridgehead atoms. The Morgan fingerprint density at radius 3 is 2.14 bits per heavy atom. The lowest BCUT2D eigenvalue weighted by molar-refractivity contribution is -0.124. The minimum atomic E-state index is -0.374. The van der Waals surface area contributed by atoms with Gasteiger partial charge in [0.1, 0.15) is 0 Å². The summed E-state index contributed by atoms with van der Waals surface area (Å²) in [5, 5.41) is 2.93. The van der Waals surface area contributed by atoms with Crippen LogP contribution in [0, 0.1) is 11.8 Å². The van der Waals surface area contributed by atoms with Gasteiger partial charge in [-0.2, -0.15) is 0 Å². The molecule has 14 heavy (non-hydrogen) atoms. The second-order valence-corrected chi connectivity index (χ2v) is 4.45. The van der Waals surface area contributed by atoms with Gasteiger partial charge in [0.2, 0.25) is 5.91 Å². The van der Waals surface area contributed by atoms with Crippen molar-refractivity contribution in [2.75, 3.05) is 0 Å². The minimum absolute atomic E-state index is 0.0273. The quantitative estimate of drug-likeness (QED) is 0.707. The van der Waals surface area contributed by atoms with Gasteiger partial charge in [0, 0.05) is 6.04 Å². The second kappa shape index (κ2) is 6.02. The number of nitrogens with two attached hydrogens (primary N) is 1. The van der Waals surface area contributed by atoms with Gasteiger partial charge >= 0.3 is 0 Å². The molecule has 0 rings (SSSR count). The first-order chi connectivity index (χ1) is 6.40. The molecular formula is C11H24N2O. The Morgan fingerprint density at radius 1 is 1.29 bits per heavy atom. The van der Waals surface area contributed by atoms with Crippen LogP contribution in [0.4, 0.5) is 0 Å². The molecule has 2 unspecified atom stereocenters. The summed E-state index contributed by atoms with van der Waals surface area (Å²) in [4.78, 5) is 11.6. The molecule has 3 N–H and O–H groups in total. The Bertz CT molecular complexity index is 180. The number of hydrogen-bond donors (Lipinski definition) is 2. The zero-order valence-electron chi connectivity index (χ0n) is 10.0. The van der Waals surface area contributed by atoms with Crippen molar-refractivity contribution in [2.45, 2.75) is 53.1 Å². The number of carbonyl (C=O) groups excluding carboxylic acids is 1. The molecule has 0 aliphatic rings. The fourth-order valence-electron chi connectivity index (χ4n) is 1.000. The molecule has 3 heteroatoms. The van der Waals surface area contributed by atoms with Gasteiger partial charge in [0.05, 0.1) is 6.04 Å². The van der Waals surface area contributed by atoms with Crippen molar-refractivity contribution in [3.63, 3.8) is 0 Å². The van der Waals surface area contributed by atoms with E-state index in [4.69, 9.17) is 5.73 Å². The van der Waals surface area contributed by atoms with Crippen LogP contribution in [0.1, 0.15) is 41.0 Å². The Kier molecular flexibility index (Phi) is 5.77. The Labute approximate surface area is 87.4 Å². The average molecular weight is 200 g/mol. The van der Waals surface area contributed by atoms with Gasteiger partial charge in [-0.3, -0.25) is 4.79 Å². The molecule has 0 radical (unpaired) electrons. The van der Waals surface area contributed by atoms with Crippen molar-refractivity contribution in [3.8, 4) is 0 Å². The predicted molar refractivity (Wildman–Crippen MR) is 59.9 cm³/mol. The monoisotopic (exact) mass is 200 g/mol. The Balaban J connectivity index is 4.07. The van der Waals surface area contributed by atoms with E-state index in [0.29, 0.717) is 5.92 Å². The van der Waals surface area contributed by atoms with E-state index >= 15 is 0 Å². The molecule has 0 aromatic carbocycles. The van der Waals surface area contributed by atoms with Crippen LogP contribution in [0.3, 0.4) is 0 Å². The third kappa shape index (κ3) is 4.09. The summed E-state index contributed by atoms with van der Waals surface area (Å²) in [7, 11) is 0. The van der Waals surface area contributed by atoms with Crippen LogP contribution in [0.5, 0.6) is 0 Å². The molecule has 3 nitrogen and oxygen atoms in total. The van der Waals surface area contributed by atoms with Gasteiger partial charge in [0.25, 0.3) is 0 Å². The number of amides is 1. The highest BCUT2D eigenvalue weighted by Gasteiger charge is 2.21. The second-order valence-electron chi connectivity index (χ2n) is 4.45. The molecule has 0 aromatic heterocycles. The maximum atomic E-state index is 11.6. The number of hydrogen-bond acceptors (Lipinski definition) is 2. The Hall–Kier alpha value is -0.570. The minimum Gasteiger partial charge on any atom is -0.352 e. The van der Waals surface area contributed by atoms with E-state index in [0.717, 1.165) is 6.42 Å². The lowest BCUT2D eigenvalue weighted by atomic mass is 9.98. The maximum Gasteiger partial charge on any atom is 0.237 e. The molecule has 84 valence electrons. The van der Waals surface area contributed by atoms with E-state index in [9.17, 15) is 4.79 Å². The first-order valence-electron chi connectivity index (χ1n) is 5.46. The van der Waals surface area contributed by atoms with Crippen molar-refractivity contribution >= 4 is 5.91 Å². The van der Waals surface area contributed by atoms with Crippen LogP contribution >= 0.6 is 0 Å². The van der Waals surface area contributed by atoms with Gasteiger partial charge in [-0.05, 0) is 18.8 Å². The normalized spacial score (nSPS) is 17.6. The molecule has 0 fully saturated rings. The molecular weight excluding hydrogens is 176 g/mol. The largest absolute Gasteiger partial charge is 0.352 e. The smallest absolute Gasteiger partial charge is 0.237 e. The first kappa shape index (κ1) is 13.4. The standard InChI is InChI=1S/C11H24N2O/c1-6-8(4)10(12)11(14)13-9(5)7(2)3/h7-10H,6,12H2,1-5H3,(H,13,14)/t8?,9?,10-/m0/s1. The summed E-state index contributed by atoms with van der Waals surface area (Å²) >= 11 is 0. The summed E-state index contributed by atoms with van der Waals surface area (Å²) in [6, 6.07) is -0.182. The zero-order chi connectivity index (χ0) is 11.3. The number of nitrogens with one attached hydrogen (secondary N) is 1. The molecule has 0 aliphatic carbocycles. The van der Waals surface area contributed by atoms with Crippen LogP contribution in [0.25, 0.3) is 0 Å². The van der Waals surface area contributed by atoms with Gasteiger partial charge in [-0.1, -0.05) is 34.1 Å². The number of rotatable bonds is 5. The van der Waals surface area contributed by atoms with Crippen LogP contribution in [0.15, 0.2) is 0 Å². The fraction of sp³-hybridized carbons (Fsp3) is 0.909. The lowest BCUT2D eigenvalue weighted by Gasteiger charge is -2.23. The maximum absolute atomic E-state index is 11.6. The van der Waals surface area contributed by atoms with E-state index < -0.39 is 0 Å². The summed E-state index contributed by atoms with van der Waals surface area (Å²) in [6.07, 6.45) is 0.935. The molecule has 0 aromatic rings. The summed E-state index contributed by atoms with van der Waals surface area (Å²) in [6.45, 7) is 10.2. The summed E-state index contributed by atoms with van der Waals surface area (Å²) < 4.78 is 0. The Morgan fingerprint density at radius 2 is 1.79 bits per heavy atom. The SMILES string of the molecule is CCC(C)[C@H](N)C(=O)NC(C)C(C)C. The van der Waals surface area contributed by atoms with Gasteiger partial charge < -0.3 is 11.1 Å². The number of carbonyl (C=O) groups is 1. The van der Waals surface area contributed by atoms with E-state index in [-0.39, 0.29) is 23.9 Å². The third-order valence-corrected chi connectivity index (χ3v) is 2.93. The van der Waals surface area contributed by atoms with E-state index in [2.05, 4.69) is 19.2 Å². The molecule has 0 aliphatic heterocycles. The van der Waals surface area contributed by atoms with Gasteiger partial charge in [-0.15, -0.1) is 0 Å². The van der Waals surface area contributed by atoms with Crippen LogP contribution in [0.2, 0.25) is 0 Å². The third-order valence-electron chi connectivity index (χ3n) is 2.93. The van der Waals surface area contributed by atoms with E-state index in [1.165, 1.54) is 0 Å². The first-order valence-corrected chi connectivity index (χ1v) is 5.46. The van der Waals surface area contributed by atoms with E-state index in [1.54, 1.807) is 0 Å². The molecule has 0 heterocycles. The average Bonchev–Trinajstić information content (AvgIpc) is 2.14. The van der Waals surface area contributed by atoms with Crippen LogP contribution < -0.4 is 11.1 Å². The topological polar surface area (TPSA) is 55.1 Å². The van der Waals surface area contributed by atoms with E-state index in [1.807, 2.05) is 20.8 Å². The van der Waals surface area contributed by atoms with Crippen molar-refractivity contribution < 1.29 is 4.79 Å². The zero-order valence-corrected chi connectivity index (χ0v) is 10.0. The molecule has 1 amide bonds. The fourth-order valence-corrected chi connectivity index (χ4v) is 1.000. The lowest BCUT2D eigenvalue weighted by Crippen LogP contribution is -2.48. The van der Waals surface area contributed by atoms with Crippen molar-refractivity contribution in [1.29, 1.82) is 0 Å². The van der Waals surface area contributed by atoms with Gasteiger partial charge in [0.15, 0.2) is 0 Å².